The zero-order valence-electron chi connectivity index (χ0n) is 11.7. The molecule has 7 heteroatoms. The Hall–Kier alpha value is -2.09. The van der Waals surface area contributed by atoms with Gasteiger partial charge in [0.05, 0.1) is 12.8 Å². The summed E-state index contributed by atoms with van der Waals surface area (Å²) < 4.78 is 10.5. The van der Waals surface area contributed by atoms with E-state index in [4.69, 9.17) is 19.9 Å². The third-order valence-corrected chi connectivity index (χ3v) is 3.54. The first kappa shape index (κ1) is 16.3. The topological polar surface area (TPSA) is 79.2 Å². The average molecular weight is 368 g/mol. The molecule has 0 saturated carbocycles. The van der Waals surface area contributed by atoms with E-state index in [0.29, 0.717) is 11.1 Å². The smallest absolute Gasteiger partial charge is 0.341 e. The standard InChI is InChI=1S/C15H14BrNO5/c1-21-15(18)12-8-11(17(19)20)6-7-14(12)22-13-5-3-2-4-10(13)9-16/h2-8,19-20H,9H2,1H3. The molecule has 2 aromatic rings. The van der Waals surface area contributed by atoms with Gasteiger partial charge in [-0.05, 0) is 24.3 Å². The number of hydrogen-bond acceptors (Lipinski definition) is 6. The van der Waals surface area contributed by atoms with E-state index in [2.05, 4.69) is 15.9 Å². The third kappa shape index (κ3) is 3.56. The van der Waals surface area contributed by atoms with E-state index in [9.17, 15) is 4.79 Å². The molecule has 0 atom stereocenters. The van der Waals surface area contributed by atoms with Gasteiger partial charge in [0.1, 0.15) is 17.1 Å². The minimum atomic E-state index is -0.643. The largest absolute Gasteiger partial charge is 0.465 e. The molecular formula is C15H14BrNO5. The summed E-state index contributed by atoms with van der Waals surface area (Å²) in [6, 6.07) is 11.5. The lowest BCUT2D eigenvalue weighted by molar-refractivity contribution is 0.0291. The van der Waals surface area contributed by atoms with Gasteiger partial charge in [-0.1, -0.05) is 34.1 Å². The first-order chi connectivity index (χ1) is 10.6. The van der Waals surface area contributed by atoms with Crippen molar-refractivity contribution in [3.63, 3.8) is 0 Å². The number of ether oxygens (including phenoxy) is 2. The van der Waals surface area contributed by atoms with Crippen LogP contribution in [-0.4, -0.2) is 23.5 Å². The third-order valence-electron chi connectivity index (χ3n) is 2.94. The number of hydrogen-bond donors (Lipinski definition) is 2. The maximum Gasteiger partial charge on any atom is 0.341 e. The number of rotatable bonds is 5. The second-order valence-corrected chi connectivity index (χ2v) is 4.87. The number of alkyl halides is 1. The van der Waals surface area contributed by atoms with Crippen LogP contribution in [0.1, 0.15) is 15.9 Å². The molecule has 0 aliphatic rings. The first-order valence-corrected chi connectivity index (χ1v) is 7.41. The van der Waals surface area contributed by atoms with E-state index < -0.39 is 5.97 Å². The number of carbonyl (C=O) groups is 1. The Bertz CT molecular complexity index is 675. The predicted molar refractivity (Wildman–Crippen MR) is 83.0 cm³/mol. The van der Waals surface area contributed by atoms with Gasteiger partial charge in [0.2, 0.25) is 0 Å². The van der Waals surface area contributed by atoms with E-state index in [-0.39, 0.29) is 22.2 Å². The molecule has 2 N–H and O–H groups in total. The van der Waals surface area contributed by atoms with Gasteiger partial charge in [-0.25, -0.2) is 4.79 Å². The lowest BCUT2D eigenvalue weighted by Gasteiger charge is -2.15. The quantitative estimate of drug-likeness (QED) is 0.476. The van der Waals surface area contributed by atoms with Crippen LogP contribution >= 0.6 is 15.9 Å². The Morgan fingerprint density at radius 2 is 1.91 bits per heavy atom. The predicted octanol–water partition coefficient (Wildman–Crippen LogP) is 3.75. The lowest BCUT2D eigenvalue weighted by atomic mass is 10.1. The number of para-hydroxylation sites is 1. The van der Waals surface area contributed by atoms with Gasteiger partial charge in [0, 0.05) is 10.9 Å². The number of esters is 1. The second kappa shape index (κ2) is 7.26. The van der Waals surface area contributed by atoms with Gasteiger partial charge in [0.15, 0.2) is 0 Å². The maximum absolute atomic E-state index is 11.9. The van der Waals surface area contributed by atoms with Crippen LogP contribution in [0.25, 0.3) is 0 Å². The zero-order chi connectivity index (χ0) is 16.1. The summed E-state index contributed by atoms with van der Waals surface area (Å²) in [4.78, 5) is 11.9. The number of nitrogens with zero attached hydrogens (tertiary/aromatic N) is 1. The van der Waals surface area contributed by atoms with Crippen LogP contribution in [0.15, 0.2) is 42.5 Å². The van der Waals surface area contributed by atoms with Crippen molar-refractivity contribution in [3.8, 4) is 11.5 Å². The molecule has 0 unspecified atom stereocenters. The van der Waals surface area contributed by atoms with Crippen molar-refractivity contribution in [2.75, 3.05) is 12.3 Å². The molecule has 22 heavy (non-hydrogen) atoms. The van der Waals surface area contributed by atoms with Crippen molar-refractivity contribution in [1.82, 2.24) is 0 Å². The highest BCUT2D eigenvalue weighted by molar-refractivity contribution is 9.08. The van der Waals surface area contributed by atoms with Crippen LogP contribution in [0, 0.1) is 0 Å². The summed E-state index contributed by atoms with van der Waals surface area (Å²) in [5.74, 6) is 0.197. The van der Waals surface area contributed by atoms with Gasteiger partial charge in [-0.2, -0.15) is 0 Å². The molecule has 0 spiro atoms. The van der Waals surface area contributed by atoms with Crippen molar-refractivity contribution in [3.05, 3.63) is 53.6 Å². The summed E-state index contributed by atoms with van der Waals surface area (Å²) in [5, 5.41) is 18.6. The number of anilines is 1. The second-order valence-electron chi connectivity index (χ2n) is 4.30. The normalized spacial score (nSPS) is 10.2. The Labute approximate surface area is 135 Å². The highest BCUT2D eigenvalue weighted by Gasteiger charge is 2.17. The van der Waals surface area contributed by atoms with E-state index in [1.807, 2.05) is 18.2 Å². The molecule has 0 radical (unpaired) electrons. The van der Waals surface area contributed by atoms with Gasteiger partial charge in [-0.3, -0.25) is 10.4 Å². The van der Waals surface area contributed by atoms with Crippen LogP contribution < -0.4 is 9.96 Å². The van der Waals surface area contributed by atoms with Crippen molar-refractivity contribution in [2.24, 2.45) is 0 Å². The van der Waals surface area contributed by atoms with Crippen LogP contribution in [0.5, 0.6) is 11.5 Å². The summed E-state index contributed by atoms with van der Waals surface area (Å²) in [7, 11) is 1.24. The van der Waals surface area contributed by atoms with E-state index >= 15 is 0 Å². The molecule has 2 aromatic carbocycles. The van der Waals surface area contributed by atoms with Gasteiger partial charge in [-0.15, -0.1) is 5.23 Å². The maximum atomic E-state index is 11.9. The summed E-state index contributed by atoms with van der Waals surface area (Å²) in [6.45, 7) is 0. The fraction of sp³-hybridized carbons (Fsp3) is 0.133. The first-order valence-electron chi connectivity index (χ1n) is 6.28. The minimum absolute atomic E-state index is 0.0153. The monoisotopic (exact) mass is 367 g/mol. The Morgan fingerprint density at radius 3 is 2.55 bits per heavy atom. The molecule has 0 saturated heterocycles. The molecule has 0 bridgehead atoms. The van der Waals surface area contributed by atoms with E-state index in [1.165, 1.54) is 25.3 Å². The number of carbonyl (C=O) groups excluding carboxylic acids is 1. The SMILES string of the molecule is COC(=O)c1cc(N(O)O)ccc1Oc1ccccc1CBr. The minimum Gasteiger partial charge on any atom is -0.465 e. The van der Waals surface area contributed by atoms with Crippen molar-refractivity contribution in [2.45, 2.75) is 5.33 Å². The van der Waals surface area contributed by atoms with Crippen molar-refractivity contribution in [1.29, 1.82) is 0 Å². The molecule has 2 rings (SSSR count). The zero-order valence-corrected chi connectivity index (χ0v) is 13.3. The molecule has 0 aliphatic carbocycles. The van der Waals surface area contributed by atoms with Gasteiger partial charge in [0.25, 0.3) is 0 Å². The van der Waals surface area contributed by atoms with Crippen molar-refractivity contribution < 1.29 is 24.7 Å². The van der Waals surface area contributed by atoms with Gasteiger partial charge < -0.3 is 9.47 Å². The number of methoxy groups -OCH3 is 1. The van der Waals surface area contributed by atoms with E-state index in [1.54, 1.807) is 6.07 Å². The number of halogens is 1. The van der Waals surface area contributed by atoms with Crippen LogP contribution in [-0.2, 0) is 10.1 Å². The summed E-state index contributed by atoms with van der Waals surface area (Å²) in [5.41, 5.74) is 1.01. The van der Waals surface area contributed by atoms with Crippen molar-refractivity contribution >= 4 is 27.6 Å². The van der Waals surface area contributed by atoms with Gasteiger partial charge >= 0.3 is 5.97 Å². The van der Waals surface area contributed by atoms with E-state index in [0.717, 1.165) is 5.56 Å². The lowest BCUT2D eigenvalue weighted by Crippen LogP contribution is -2.13. The fourth-order valence-corrected chi connectivity index (χ4v) is 2.30. The Morgan fingerprint density at radius 1 is 1.18 bits per heavy atom. The average Bonchev–Trinajstić information content (AvgIpc) is 2.54. The molecule has 116 valence electrons. The molecule has 6 nitrogen and oxygen atoms in total. The van der Waals surface area contributed by atoms with Crippen LogP contribution in [0.2, 0.25) is 0 Å². The summed E-state index contributed by atoms with van der Waals surface area (Å²) in [6.07, 6.45) is 0. The Balaban J connectivity index is 2.43. The van der Waals surface area contributed by atoms with Crippen LogP contribution in [0.4, 0.5) is 5.69 Å². The highest BCUT2D eigenvalue weighted by atomic mass is 79.9. The Kier molecular flexibility index (Phi) is 5.37. The molecular weight excluding hydrogens is 354 g/mol. The van der Waals surface area contributed by atoms with Crippen LogP contribution in [0.3, 0.4) is 0 Å². The fourth-order valence-electron chi connectivity index (χ4n) is 1.83. The molecule has 0 aromatic heterocycles. The highest BCUT2D eigenvalue weighted by Crippen LogP contribution is 2.31. The molecule has 0 fully saturated rings. The molecule has 0 amide bonds. The number of benzene rings is 2. The summed E-state index contributed by atoms with van der Waals surface area (Å²) >= 11 is 3.37. The molecule has 0 heterocycles. The molecule has 0 aliphatic heterocycles.